The SMILES string of the molecule is COC(=O)[C@@H](NC(=O)c1ccc(Oc2c(F)c(F)c(Oc3ccc(C(=O)N[C@H](C(=O)OC)C(C)C)cc3)c(F)c2F)cc1)C(C)C. The Kier molecular flexibility index (Phi) is 11.7. The summed E-state index contributed by atoms with van der Waals surface area (Å²) in [5.41, 5.74) is 0.103. The van der Waals surface area contributed by atoms with Crippen LogP contribution in [0.2, 0.25) is 0 Å². The van der Waals surface area contributed by atoms with E-state index in [-0.39, 0.29) is 34.5 Å². The number of ether oxygens (including phenoxy) is 4. The van der Waals surface area contributed by atoms with E-state index in [0.29, 0.717) is 0 Å². The first kappa shape index (κ1) is 35.3. The van der Waals surface area contributed by atoms with Crippen molar-refractivity contribution in [2.75, 3.05) is 14.2 Å². The van der Waals surface area contributed by atoms with Crippen LogP contribution in [0.1, 0.15) is 48.4 Å². The molecule has 0 spiro atoms. The lowest BCUT2D eigenvalue weighted by Crippen LogP contribution is -2.45. The number of amides is 2. The molecule has 14 heteroatoms. The van der Waals surface area contributed by atoms with Crippen molar-refractivity contribution in [3.8, 4) is 23.0 Å². The lowest BCUT2D eigenvalue weighted by Gasteiger charge is -2.20. The summed E-state index contributed by atoms with van der Waals surface area (Å²) in [6.45, 7) is 6.80. The molecule has 2 amide bonds. The minimum absolute atomic E-state index is 0.0515. The fourth-order valence-electron chi connectivity index (χ4n) is 4.05. The zero-order valence-corrected chi connectivity index (χ0v) is 25.7. The van der Waals surface area contributed by atoms with Crippen LogP contribution >= 0.6 is 0 Å². The summed E-state index contributed by atoms with van der Waals surface area (Å²) < 4.78 is 79.1. The number of rotatable bonds is 12. The van der Waals surface area contributed by atoms with Crippen LogP contribution in [0.3, 0.4) is 0 Å². The Balaban J connectivity index is 1.76. The molecule has 2 atom stereocenters. The molecule has 3 aromatic carbocycles. The second kappa shape index (κ2) is 15.2. The van der Waals surface area contributed by atoms with Crippen LogP contribution in [-0.2, 0) is 19.1 Å². The molecule has 0 saturated heterocycles. The Bertz CT molecular complexity index is 1450. The predicted octanol–water partition coefficient (Wildman–Crippen LogP) is 5.68. The monoisotopic (exact) mass is 648 g/mol. The first-order valence-electron chi connectivity index (χ1n) is 13.9. The highest BCUT2D eigenvalue weighted by Gasteiger charge is 2.30. The van der Waals surface area contributed by atoms with Crippen molar-refractivity contribution < 1.29 is 55.7 Å². The predicted molar refractivity (Wildman–Crippen MR) is 156 cm³/mol. The fourth-order valence-corrected chi connectivity index (χ4v) is 4.05. The van der Waals surface area contributed by atoms with Crippen molar-refractivity contribution in [3.05, 3.63) is 82.9 Å². The molecule has 0 heterocycles. The molecule has 0 radical (unpaired) electrons. The van der Waals surface area contributed by atoms with Gasteiger partial charge in [0.05, 0.1) is 14.2 Å². The van der Waals surface area contributed by atoms with Crippen LogP contribution in [-0.4, -0.2) is 50.1 Å². The molecule has 46 heavy (non-hydrogen) atoms. The molecule has 0 aromatic heterocycles. The number of carbonyl (C=O) groups excluding carboxylic acids is 4. The number of nitrogens with one attached hydrogen (secondary N) is 2. The smallest absolute Gasteiger partial charge is 0.328 e. The van der Waals surface area contributed by atoms with Crippen molar-refractivity contribution in [2.24, 2.45) is 11.8 Å². The Hall–Kier alpha value is -5.14. The molecular formula is C32H32F4N2O8. The first-order valence-corrected chi connectivity index (χ1v) is 13.9. The third kappa shape index (κ3) is 8.11. The molecule has 3 aromatic rings. The van der Waals surface area contributed by atoms with Crippen molar-refractivity contribution in [2.45, 2.75) is 39.8 Å². The number of hydrogen-bond acceptors (Lipinski definition) is 8. The molecular weight excluding hydrogens is 616 g/mol. The van der Waals surface area contributed by atoms with Crippen LogP contribution in [0.15, 0.2) is 48.5 Å². The minimum atomic E-state index is -1.90. The molecule has 0 aliphatic rings. The van der Waals surface area contributed by atoms with Gasteiger partial charge in [-0.1, -0.05) is 27.7 Å². The zero-order valence-electron chi connectivity index (χ0n) is 25.7. The molecule has 0 aliphatic heterocycles. The van der Waals surface area contributed by atoms with E-state index in [1.807, 2.05) is 0 Å². The molecule has 0 unspecified atom stereocenters. The third-order valence-electron chi connectivity index (χ3n) is 6.67. The zero-order chi connectivity index (χ0) is 34.3. The maximum Gasteiger partial charge on any atom is 0.328 e. The highest BCUT2D eigenvalue weighted by Crippen LogP contribution is 2.38. The van der Waals surface area contributed by atoms with Gasteiger partial charge in [0.2, 0.25) is 34.8 Å². The lowest BCUT2D eigenvalue weighted by molar-refractivity contribution is -0.144. The fraction of sp³-hybridized carbons (Fsp3) is 0.312. The Labute approximate surface area is 262 Å². The van der Waals surface area contributed by atoms with Gasteiger partial charge in [0.25, 0.3) is 11.8 Å². The highest BCUT2D eigenvalue weighted by atomic mass is 19.2. The van der Waals surface area contributed by atoms with Crippen LogP contribution in [0, 0.1) is 35.1 Å². The number of hydrogen-bond donors (Lipinski definition) is 2. The summed E-state index contributed by atoms with van der Waals surface area (Å²) in [5, 5.41) is 5.03. The molecule has 2 N–H and O–H groups in total. The van der Waals surface area contributed by atoms with E-state index in [2.05, 4.69) is 20.1 Å². The van der Waals surface area contributed by atoms with Crippen molar-refractivity contribution in [1.29, 1.82) is 0 Å². The summed E-state index contributed by atoms with van der Waals surface area (Å²) >= 11 is 0. The quantitative estimate of drug-likeness (QED) is 0.146. The van der Waals surface area contributed by atoms with Gasteiger partial charge in [-0.2, -0.15) is 17.6 Å². The minimum Gasteiger partial charge on any atom is -0.467 e. The second-order valence-corrected chi connectivity index (χ2v) is 10.6. The van der Waals surface area contributed by atoms with Gasteiger partial charge in [-0.15, -0.1) is 0 Å². The number of esters is 2. The average molecular weight is 649 g/mol. The van der Waals surface area contributed by atoms with E-state index in [1.54, 1.807) is 27.7 Å². The van der Waals surface area contributed by atoms with Crippen LogP contribution in [0.4, 0.5) is 17.6 Å². The van der Waals surface area contributed by atoms with Gasteiger partial charge in [0.1, 0.15) is 23.6 Å². The topological polar surface area (TPSA) is 129 Å². The molecule has 0 aliphatic carbocycles. The van der Waals surface area contributed by atoms with Gasteiger partial charge < -0.3 is 29.6 Å². The van der Waals surface area contributed by atoms with Gasteiger partial charge >= 0.3 is 11.9 Å². The summed E-state index contributed by atoms with van der Waals surface area (Å²) in [4.78, 5) is 48.9. The largest absolute Gasteiger partial charge is 0.467 e. The van der Waals surface area contributed by atoms with Crippen molar-refractivity contribution >= 4 is 23.8 Å². The Morgan fingerprint density at radius 2 is 0.826 bits per heavy atom. The van der Waals surface area contributed by atoms with Crippen molar-refractivity contribution in [1.82, 2.24) is 10.6 Å². The number of benzene rings is 3. The maximum absolute atomic E-state index is 14.9. The van der Waals surface area contributed by atoms with Gasteiger partial charge in [-0.05, 0) is 60.4 Å². The van der Waals surface area contributed by atoms with Gasteiger partial charge in [0, 0.05) is 11.1 Å². The van der Waals surface area contributed by atoms with Gasteiger partial charge in [-0.3, -0.25) is 9.59 Å². The molecule has 0 bridgehead atoms. The van der Waals surface area contributed by atoms with Gasteiger partial charge in [-0.25, -0.2) is 9.59 Å². The normalized spacial score (nSPS) is 12.3. The molecule has 246 valence electrons. The maximum atomic E-state index is 14.9. The van der Waals surface area contributed by atoms with Crippen molar-refractivity contribution in [3.63, 3.8) is 0 Å². The summed E-state index contributed by atoms with van der Waals surface area (Å²) in [7, 11) is 2.36. The first-order chi connectivity index (χ1) is 21.7. The Morgan fingerprint density at radius 1 is 0.543 bits per heavy atom. The van der Waals surface area contributed by atoms with E-state index >= 15 is 0 Å². The van der Waals surface area contributed by atoms with Crippen LogP contribution in [0.5, 0.6) is 23.0 Å². The van der Waals surface area contributed by atoms with Crippen LogP contribution < -0.4 is 20.1 Å². The van der Waals surface area contributed by atoms with E-state index in [4.69, 9.17) is 9.47 Å². The number of methoxy groups -OCH3 is 2. The average Bonchev–Trinajstić information content (AvgIpc) is 3.04. The second-order valence-electron chi connectivity index (χ2n) is 10.6. The summed E-state index contributed by atoms with van der Waals surface area (Å²) in [5.74, 6) is -14.1. The number of halogens is 4. The van der Waals surface area contributed by atoms with E-state index in [9.17, 15) is 36.7 Å². The lowest BCUT2D eigenvalue weighted by atomic mass is 10.0. The Morgan fingerprint density at radius 3 is 1.07 bits per heavy atom. The highest BCUT2D eigenvalue weighted by molar-refractivity contribution is 5.97. The summed E-state index contributed by atoms with van der Waals surface area (Å²) in [6.07, 6.45) is 0. The molecule has 0 fully saturated rings. The third-order valence-corrected chi connectivity index (χ3v) is 6.67. The van der Waals surface area contributed by atoms with E-state index in [0.717, 1.165) is 24.3 Å². The standard InChI is InChI=1S/C32H32F4N2O8/c1-15(2)25(31(41)43-5)37-29(39)17-7-11-19(12-8-17)45-27-21(33)23(35)28(24(36)22(27)34)46-20-13-9-18(10-14-20)30(40)38-26(16(3)4)32(42)44-6/h7-16,25-26H,1-6H3,(H,37,39)(H,38,40)/t25-,26-/m0/s1. The number of carbonyl (C=O) groups is 4. The molecule has 10 nitrogen and oxygen atoms in total. The van der Waals surface area contributed by atoms with Crippen LogP contribution in [0.25, 0.3) is 0 Å². The molecule has 0 saturated carbocycles. The van der Waals surface area contributed by atoms with Gasteiger partial charge in [0.15, 0.2) is 0 Å². The van der Waals surface area contributed by atoms with E-state index < -0.39 is 70.6 Å². The van der Waals surface area contributed by atoms with E-state index in [1.165, 1.54) is 38.5 Å². The summed E-state index contributed by atoms with van der Waals surface area (Å²) in [6, 6.07) is 7.48. The molecule has 3 rings (SSSR count).